The number of hydrogen-bond donors (Lipinski definition) is 2. The Labute approximate surface area is 187 Å². The summed E-state index contributed by atoms with van der Waals surface area (Å²) in [6.07, 6.45) is 3.47. The van der Waals surface area contributed by atoms with Crippen LogP contribution in [0.5, 0.6) is 11.5 Å². The third kappa shape index (κ3) is 2.84. The lowest BCUT2D eigenvalue weighted by Gasteiger charge is -2.57. The number of Topliss-reactive ketones (excluding diaryl/α,β-unsaturated/α-hetero) is 1. The smallest absolute Gasteiger partial charge is 0.337 e. The van der Waals surface area contributed by atoms with Gasteiger partial charge in [-0.1, -0.05) is 18.2 Å². The Morgan fingerprint density at radius 2 is 2.06 bits per heavy atom. The van der Waals surface area contributed by atoms with Crippen LogP contribution in [-0.4, -0.2) is 54.6 Å². The number of ether oxygens (including phenoxy) is 2. The fourth-order valence-corrected chi connectivity index (χ4v) is 6.36. The summed E-state index contributed by atoms with van der Waals surface area (Å²) in [4.78, 5) is 25.5. The number of carboxylic acid groups (broad SMARTS) is 1. The van der Waals surface area contributed by atoms with E-state index in [1.165, 1.54) is 17.2 Å². The van der Waals surface area contributed by atoms with E-state index in [2.05, 4.69) is 18.0 Å². The minimum absolute atomic E-state index is 0.0933. The van der Waals surface area contributed by atoms with Gasteiger partial charge in [0.05, 0.1) is 12.7 Å². The Balaban J connectivity index is 0.000000183. The predicted octanol–water partition coefficient (Wildman–Crippen LogP) is 2.90. The molecule has 2 aromatic rings. The maximum absolute atomic E-state index is 12.6. The number of nitrogen functional groups attached to an aromatic ring is 1. The molecule has 4 aliphatic rings. The molecule has 4 atom stereocenters. The summed E-state index contributed by atoms with van der Waals surface area (Å²) in [5.74, 6) is 1.47. The second kappa shape index (κ2) is 7.52. The predicted molar refractivity (Wildman–Crippen MR) is 119 cm³/mol. The maximum Gasteiger partial charge on any atom is 0.337 e. The molecule has 3 N–H and O–H groups in total. The summed E-state index contributed by atoms with van der Waals surface area (Å²) in [6, 6.07) is 11.1. The number of ketones is 1. The van der Waals surface area contributed by atoms with Crippen molar-refractivity contribution in [2.75, 3.05) is 26.4 Å². The number of carboxylic acids is 1. The molecule has 6 rings (SSSR count). The molecule has 2 bridgehead atoms. The van der Waals surface area contributed by atoms with Gasteiger partial charge in [0.15, 0.2) is 23.4 Å². The molecule has 32 heavy (non-hydrogen) atoms. The lowest BCUT2D eigenvalue weighted by molar-refractivity contribution is -0.138. The van der Waals surface area contributed by atoms with E-state index in [0.29, 0.717) is 24.1 Å². The number of carbonyl (C=O) groups is 2. The molecular weight excluding hydrogens is 408 g/mol. The highest BCUT2D eigenvalue weighted by molar-refractivity contribution is 5.93. The molecule has 1 saturated heterocycles. The Morgan fingerprint density at radius 3 is 2.75 bits per heavy atom. The quantitative estimate of drug-likeness (QED) is 0.698. The zero-order valence-corrected chi connectivity index (χ0v) is 18.3. The molecule has 7 heteroatoms. The first-order valence-corrected chi connectivity index (χ1v) is 11.1. The monoisotopic (exact) mass is 436 g/mol. The molecular formula is C25H28N2O5. The highest BCUT2D eigenvalue weighted by Crippen LogP contribution is 2.63. The fraction of sp³-hybridized carbons (Fsp3) is 0.440. The molecule has 2 aliphatic heterocycles. The van der Waals surface area contributed by atoms with Crippen LogP contribution in [0.4, 0.5) is 5.69 Å². The average Bonchev–Trinajstić information content (AvgIpc) is 3.14. The second-order valence-electron chi connectivity index (χ2n) is 9.18. The number of methoxy groups -OCH3 is 1. The van der Waals surface area contributed by atoms with Crippen LogP contribution in [0.15, 0.2) is 36.4 Å². The van der Waals surface area contributed by atoms with E-state index in [0.717, 1.165) is 37.3 Å². The number of para-hydroxylation sites is 1. The number of anilines is 1. The normalized spacial score (nSPS) is 29.3. The van der Waals surface area contributed by atoms with E-state index in [1.807, 2.05) is 6.07 Å². The van der Waals surface area contributed by atoms with Crippen LogP contribution in [-0.2, 0) is 16.6 Å². The summed E-state index contributed by atoms with van der Waals surface area (Å²) >= 11 is 0. The number of nitrogens with two attached hydrogens (primary N) is 1. The van der Waals surface area contributed by atoms with Gasteiger partial charge in [-0.05, 0) is 62.5 Å². The van der Waals surface area contributed by atoms with Gasteiger partial charge in [0, 0.05) is 29.1 Å². The number of carbonyl (C=O) groups excluding carboxylic acids is 1. The van der Waals surface area contributed by atoms with Gasteiger partial charge in [-0.3, -0.25) is 4.79 Å². The lowest BCUT2D eigenvalue weighted by Crippen LogP contribution is -2.65. The van der Waals surface area contributed by atoms with Gasteiger partial charge in [0.2, 0.25) is 0 Å². The van der Waals surface area contributed by atoms with Crippen molar-refractivity contribution in [3.63, 3.8) is 0 Å². The average molecular weight is 437 g/mol. The number of likely N-dealkylation sites (tertiary alicyclic amines) is 1. The maximum atomic E-state index is 12.6. The third-order valence-corrected chi connectivity index (χ3v) is 7.78. The van der Waals surface area contributed by atoms with E-state index in [4.69, 9.17) is 20.3 Å². The molecule has 2 aromatic carbocycles. The first kappa shape index (κ1) is 20.8. The summed E-state index contributed by atoms with van der Waals surface area (Å²) in [7, 11) is 3.91. The van der Waals surface area contributed by atoms with Crippen molar-refractivity contribution in [1.82, 2.24) is 4.90 Å². The Kier molecular flexibility index (Phi) is 4.89. The summed E-state index contributed by atoms with van der Waals surface area (Å²) < 4.78 is 11.8. The number of nitrogens with zero attached hydrogens (tertiary/aromatic N) is 1. The summed E-state index contributed by atoms with van der Waals surface area (Å²) in [6.45, 7) is 1.05. The van der Waals surface area contributed by atoms with E-state index < -0.39 is 5.97 Å². The molecule has 2 aliphatic carbocycles. The largest absolute Gasteiger partial charge is 0.493 e. The topological polar surface area (TPSA) is 102 Å². The number of aromatic carboxylic acids is 1. The molecule has 2 heterocycles. The minimum atomic E-state index is -0.988. The van der Waals surface area contributed by atoms with Gasteiger partial charge in [-0.2, -0.15) is 0 Å². The molecule has 1 spiro atoms. The van der Waals surface area contributed by atoms with Crippen LogP contribution in [0.1, 0.15) is 40.7 Å². The van der Waals surface area contributed by atoms with Crippen molar-refractivity contribution in [3.05, 3.63) is 53.1 Å². The van der Waals surface area contributed by atoms with Gasteiger partial charge in [0.25, 0.3) is 0 Å². The van der Waals surface area contributed by atoms with E-state index in [-0.39, 0.29) is 22.9 Å². The van der Waals surface area contributed by atoms with Crippen LogP contribution in [0.25, 0.3) is 0 Å². The standard InChI is InChI=1S/C18H21NO3.C7H7NO2/c1-19-8-7-18-11-4-5-13(20)17(18)22-16-14(21-2)6-3-10(15(16)18)9-12(11)19;8-6-4-2-1-3-5(6)7(9)10/h3,6,11-12,17H,4-5,7-9H2,1-2H3;1-4H,8H2,(H,9,10)/t11-,12+,17-,18-;/m0./s1. The first-order valence-electron chi connectivity index (χ1n) is 11.1. The van der Waals surface area contributed by atoms with Crippen molar-refractivity contribution in [1.29, 1.82) is 0 Å². The van der Waals surface area contributed by atoms with Crippen LogP contribution in [0, 0.1) is 5.92 Å². The van der Waals surface area contributed by atoms with Crippen LogP contribution in [0.2, 0.25) is 0 Å². The highest BCUT2D eigenvalue weighted by atomic mass is 16.5. The van der Waals surface area contributed by atoms with Gasteiger partial charge in [0.1, 0.15) is 0 Å². The van der Waals surface area contributed by atoms with Crippen molar-refractivity contribution in [2.45, 2.75) is 43.2 Å². The Hall–Kier alpha value is -3.06. The number of benzene rings is 2. The SMILES string of the molecule is COc1ccc2c3c1O[C@H]1C(=O)CC[C@H]4[C@@H](C2)N(C)CC[C@]314.Nc1ccccc1C(=O)O. The highest BCUT2D eigenvalue weighted by Gasteiger charge is 2.65. The molecule has 2 fully saturated rings. The first-order chi connectivity index (χ1) is 15.4. The number of rotatable bonds is 2. The van der Waals surface area contributed by atoms with Crippen molar-refractivity contribution in [3.8, 4) is 11.5 Å². The number of piperidine rings is 1. The molecule has 1 saturated carbocycles. The van der Waals surface area contributed by atoms with Crippen molar-refractivity contribution in [2.24, 2.45) is 5.92 Å². The van der Waals surface area contributed by atoms with Crippen LogP contribution < -0.4 is 15.2 Å². The van der Waals surface area contributed by atoms with Crippen molar-refractivity contribution >= 4 is 17.4 Å². The molecule has 168 valence electrons. The van der Waals surface area contributed by atoms with E-state index >= 15 is 0 Å². The fourth-order valence-electron chi connectivity index (χ4n) is 6.36. The lowest BCUT2D eigenvalue weighted by atomic mass is 9.52. The van der Waals surface area contributed by atoms with Gasteiger partial charge >= 0.3 is 5.97 Å². The molecule has 0 unspecified atom stereocenters. The second-order valence-corrected chi connectivity index (χ2v) is 9.18. The van der Waals surface area contributed by atoms with Crippen LogP contribution >= 0.6 is 0 Å². The zero-order valence-electron chi connectivity index (χ0n) is 18.3. The van der Waals surface area contributed by atoms with Gasteiger partial charge < -0.3 is 25.2 Å². The Morgan fingerprint density at radius 1 is 1.28 bits per heavy atom. The van der Waals surface area contributed by atoms with Crippen LogP contribution in [0.3, 0.4) is 0 Å². The molecule has 0 amide bonds. The summed E-state index contributed by atoms with van der Waals surface area (Å²) in [5, 5.41) is 8.49. The molecule has 7 nitrogen and oxygen atoms in total. The molecule has 0 radical (unpaired) electrons. The summed E-state index contributed by atoms with van der Waals surface area (Å²) in [5.41, 5.74) is 8.37. The van der Waals surface area contributed by atoms with Crippen molar-refractivity contribution < 1.29 is 24.2 Å². The zero-order chi connectivity index (χ0) is 22.6. The molecule has 0 aromatic heterocycles. The van der Waals surface area contributed by atoms with E-state index in [1.54, 1.807) is 25.3 Å². The van der Waals surface area contributed by atoms with Gasteiger partial charge in [-0.25, -0.2) is 4.79 Å². The third-order valence-electron chi connectivity index (χ3n) is 7.78. The number of likely N-dealkylation sites (N-methyl/N-ethyl adjacent to an activating group) is 1. The number of hydrogen-bond acceptors (Lipinski definition) is 6. The Bertz CT molecular complexity index is 1100. The minimum Gasteiger partial charge on any atom is -0.493 e. The van der Waals surface area contributed by atoms with E-state index in [9.17, 15) is 9.59 Å². The van der Waals surface area contributed by atoms with Gasteiger partial charge in [-0.15, -0.1) is 0 Å².